The lowest BCUT2D eigenvalue weighted by Gasteiger charge is -2.16. The number of fused-ring (bicyclic) bond motifs is 12. The van der Waals surface area contributed by atoms with E-state index in [1.165, 1.54) is 0 Å². The van der Waals surface area contributed by atoms with Gasteiger partial charge in [0.05, 0.1) is 33.5 Å². The molecule has 0 N–H and O–H groups in total. The fourth-order valence-electron chi connectivity index (χ4n) is 11.7. The minimum Gasteiger partial charge on any atom is -0.456 e. The summed E-state index contributed by atoms with van der Waals surface area (Å²) in [6.45, 7) is 0. The van der Waals surface area contributed by atoms with Crippen molar-refractivity contribution in [2.75, 3.05) is 0 Å². The lowest BCUT2D eigenvalue weighted by Crippen LogP contribution is -2.02. The Hall–Kier alpha value is -10.3. The third-order valence-corrected chi connectivity index (χ3v) is 15.3. The molecule has 16 aromatic rings. The minimum atomic E-state index is 0.636. The first-order chi connectivity index (χ1) is 37.6. The normalized spacial score (nSPS) is 11.9. The van der Waals surface area contributed by atoms with E-state index in [-0.39, 0.29) is 0 Å². The molecule has 76 heavy (non-hydrogen) atoms. The summed E-state index contributed by atoms with van der Waals surface area (Å²) in [4.78, 5) is 10.8. The Kier molecular flexibility index (Phi) is 9.23. The molecule has 0 aliphatic carbocycles. The van der Waals surface area contributed by atoms with Gasteiger partial charge in [-0.25, -0.2) is 9.97 Å². The zero-order chi connectivity index (χ0) is 49.8. The maximum Gasteiger partial charge on any atom is 0.160 e. The largest absolute Gasteiger partial charge is 0.456 e. The van der Waals surface area contributed by atoms with Crippen molar-refractivity contribution in [2.45, 2.75) is 0 Å². The molecule has 0 aliphatic heterocycles. The van der Waals surface area contributed by atoms with Gasteiger partial charge in [-0.15, -0.1) is 0 Å². The fourth-order valence-corrected chi connectivity index (χ4v) is 11.7. The Bertz CT molecular complexity index is 4690. The molecule has 6 heteroatoms. The molecule has 16 rings (SSSR count). The molecule has 6 nitrogen and oxygen atoms in total. The molecule has 11 aromatic carbocycles. The van der Waals surface area contributed by atoms with Gasteiger partial charge < -0.3 is 18.0 Å². The van der Waals surface area contributed by atoms with Crippen LogP contribution >= 0.6 is 0 Å². The molecular weight excluding hydrogens is 929 g/mol. The van der Waals surface area contributed by atoms with Gasteiger partial charge in [0.1, 0.15) is 22.3 Å². The summed E-state index contributed by atoms with van der Waals surface area (Å²) < 4.78 is 17.6. The smallest absolute Gasteiger partial charge is 0.160 e. The summed E-state index contributed by atoms with van der Waals surface area (Å²) in [6.07, 6.45) is 0. The fraction of sp³-hybridized carbons (Fsp3) is 0. The van der Waals surface area contributed by atoms with Crippen molar-refractivity contribution >= 4 is 87.5 Å². The third kappa shape index (κ3) is 6.67. The van der Waals surface area contributed by atoms with Crippen LogP contribution in [0.1, 0.15) is 0 Å². The molecule has 354 valence electrons. The van der Waals surface area contributed by atoms with Crippen LogP contribution in [0.2, 0.25) is 0 Å². The predicted octanol–water partition coefficient (Wildman–Crippen LogP) is 18.8. The molecular formula is C70H42N4O2. The van der Waals surface area contributed by atoms with Gasteiger partial charge in [0.25, 0.3) is 0 Å². The van der Waals surface area contributed by atoms with E-state index in [4.69, 9.17) is 18.8 Å². The molecule has 5 aromatic heterocycles. The Morgan fingerprint density at radius 2 is 0.618 bits per heavy atom. The molecule has 0 radical (unpaired) electrons. The van der Waals surface area contributed by atoms with Gasteiger partial charge in [0, 0.05) is 71.2 Å². The summed E-state index contributed by atoms with van der Waals surface area (Å²) in [7, 11) is 0. The van der Waals surface area contributed by atoms with E-state index in [0.29, 0.717) is 5.82 Å². The second-order valence-corrected chi connectivity index (χ2v) is 19.7. The molecule has 0 atom stereocenters. The highest BCUT2D eigenvalue weighted by atomic mass is 16.3. The molecule has 0 fully saturated rings. The maximum absolute atomic E-state index is 6.37. The molecule has 0 unspecified atom stereocenters. The van der Waals surface area contributed by atoms with Crippen molar-refractivity contribution < 1.29 is 8.83 Å². The van der Waals surface area contributed by atoms with Crippen molar-refractivity contribution in [2.24, 2.45) is 0 Å². The van der Waals surface area contributed by atoms with Crippen molar-refractivity contribution in [1.82, 2.24) is 19.1 Å². The maximum atomic E-state index is 6.37. The second kappa shape index (κ2) is 16.6. The topological polar surface area (TPSA) is 61.9 Å². The zero-order valence-electron chi connectivity index (χ0n) is 40.9. The van der Waals surface area contributed by atoms with Gasteiger partial charge in [0.2, 0.25) is 0 Å². The van der Waals surface area contributed by atoms with Gasteiger partial charge in [-0.1, -0.05) is 158 Å². The standard InChI is InChI=1S/C70H42N4O2/c1-3-15-43(16-4-1)60-42-61(44-17-5-2-6-18-44)72-70(71-60)49-35-50(73-62-23-11-7-19-52(62)58-37-45(29-33-64(58)73)47-27-31-56-54-21-9-13-25-66(54)75-68(56)39-47)41-51(36-49)74-63-24-12-8-20-53(63)59-38-46(30-34-65(59)74)48-28-32-57-55-22-10-14-26-67(55)76-69(57)40-48/h1-42H. The van der Waals surface area contributed by atoms with E-state index in [2.05, 4.69) is 228 Å². The van der Waals surface area contributed by atoms with Gasteiger partial charge in [-0.2, -0.15) is 0 Å². The van der Waals surface area contributed by atoms with Crippen LogP contribution in [0, 0.1) is 0 Å². The number of benzene rings is 11. The summed E-state index contributed by atoms with van der Waals surface area (Å²) in [5.41, 5.74) is 19.0. The summed E-state index contributed by atoms with van der Waals surface area (Å²) >= 11 is 0. The summed E-state index contributed by atoms with van der Waals surface area (Å²) in [5, 5.41) is 9.12. The quantitative estimate of drug-likeness (QED) is 0.160. The molecule has 0 bridgehead atoms. The Morgan fingerprint density at radius 1 is 0.237 bits per heavy atom. The molecule has 0 saturated carbocycles. The Labute approximate surface area is 435 Å². The lowest BCUT2D eigenvalue weighted by atomic mass is 10.0. The number of aromatic nitrogens is 4. The highest BCUT2D eigenvalue weighted by Crippen LogP contribution is 2.42. The van der Waals surface area contributed by atoms with Crippen molar-refractivity contribution in [3.63, 3.8) is 0 Å². The number of furan rings is 2. The van der Waals surface area contributed by atoms with Crippen LogP contribution in [0.4, 0.5) is 0 Å². The summed E-state index contributed by atoms with van der Waals surface area (Å²) in [5.74, 6) is 0.636. The first kappa shape index (κ1) is 42.2. The van der Waals surface area contributed by atoms with E-state index in [9.17, 15) is 0 Å². The van der Waals surface area contributed by atoms with Crippen LogP contribution < -0.4 is 0 Å². The van der Waals surface area contributed by atoms with E-state index in [1.54, 1.807) is 0 Å². The molecule has 0 saturated heterocycles. The van der Waals surface area contributed by atoms with E-state index >= 15 is 0 Å². The first-order valence-corrected chi connectivity index (χ1v) is 25.7. The predicted molar refractivity (Wildman–Crippen MR) is 312 cm³/mol. The van der Waals surface area contributed by atoms with E-state index < -0.39 is 0 Å². The third-order valence-electron chi connectivity index (χ3n) is 15.3. The Balaban J connectivity index is 0.924. The molecule has 5 heterocycles. The van der Waals surface area contributed by atoms with Crippen molar-refractivity contribution in [3.8, 4) is 67.5 Å². The molecule has 0 amide bonds. The summed E-state index contributed by atoms with van der Waals surface area (Å²) in [6, 6.07) is 90.5. The molecule has 0 spiro atoms. The van der Waals surface area contributed by atoms with Gasteiger partial charge >= 0.3 is 0 Å². The minimum absolute atomic E-state index is 0.636. The van der Waals surface area contributed by atoms with Gasteiger partial charge in [-0.3, -0.25) is 0 Å². The van der Waals surface area contributed by atoms with Gasteiger partial charge in [-0.05, 0) is 119 Å². The average Bonchev–Trinajstić information content (AvgIpc) is 4.28. The highest BCUT2D eigenvalue weighted by Gasteiger charge is 2.21. The number of nitrogens with zero attached hydrogens (tertiary/aromatic N) is 4. The van der Waals surface area contributed by atoms with Crippen LogP contribution in [-0.2, 0) is 0 Å². The van der Waals surface area contributed by atoms with Crippen LogP contribution in [-0.4, -0.2) is 19.1 Å². The monoisotopic (exact) mass is 970 g/mol. The van der Waals surface area contributed by atoms with Crippen molar-refractivity contribution in [3.05, 3.63) is 255 Å². The molecule has 0 aliphatic rings. The Morgan fingerprint density at radius 3 is 1.11 bits per heavy atom. The zero-order valence-corrected chi connectivity index (χ0v) is 40.9. The van der Waals surface area contributed by atoms with Crippen molar-refractivity contribution in [1.29, 1.82) is 0 Å². The van der Waals surface area contributed by atoms with E-state index in [1.807, 2.05) is 36.4 Å². The van der Waals surface area contributed by atoms with Gasteiger partial charge in [0.15, 0.2) is 5.82 Å². The van der Waals surface area contributed by atoms with Crippen LogP contribution in [0.25, 0.3) is 155 Å². The number of rotatable bonds is 7. The van der Waals surface area contributed by atoms with Crippen LogP contribution in [0.5, 0.6) is 0 Å². The van der Waals surface area contributed by atoms with E-state index in [0.717, 1.165) is 149 Å². The average molecular weight is 971 g/mol. The number of para-hydroxylation sites is 4. The van der Waals surface area contributed by atoms with Crippen LogP contribution in [0.15, 0.2) is 264 Å². The SMILES string of the molecule is c1ccc(-c2cc(-c3ccccc3)nc(-c3cc(-n4c5ccccc5c5cc(-c6ccc7c(c6)oc6ccccc67)ccc54)cc(-n4c5ccccc5c5cc(-c6ccc7c(c6)oc6ccccc67)ccc54)c3)n2)cc1. The first-order valence-electron chi connectivity index (χ1n) is 25.7. The lowest BCUT2D eigenvalue weighted by molar-refractivity contribution is 0.668. The number of hydrogen-bond acceptors (Lipinski definition) is 4. The highest BCUT2D eigenvalue weighted by molar-refractivity contribution is 6.13. The second-order valence-electron chi connectivity index (χ2n) is 19.7. The number of hydrogen-bond donors (Lipinski definition) is 0. The van der Waals surface area contributed by atoms with Crippen LogP contribution in [0.3, 0.4) is 0 Å².